The van der Waals surface area contributed by atoms with E-state index < -0.39 is 29.8 Å². The number of hydrogen-bond donors (Lipinski definition) is 2. The second-order valence-corrected chi connectivity index (χ2v) is 5.41. The molecule has 0 saturated heterocycles. The van der Waals surface area contributed by atoms with Crippen LogP contribution in [0.15, 0.2) is 36.4 Å². The molecule has 128 valence electrons. The molecular weight excluding hydrogens is 333 g/mol. The smallest absolute Gasteiger partial charge is 0.228 e. The number of nitrogens with one attached hydrogen (secondary N) is 2. The second-order valence-electron chi connectivity index (χ2n) is 5.41. The zero-order chi connectivity index (χ0) is 18.0. The molecule has 5 nitrogen and oxygen atoms in total. The molecule has 0 atom stereocenters. The number of amides is 1. The van der Waals surface area contributed by atoms with E-state index in [1.165, 1.54) is 0 Å². The van der Waals surface area contributed by atoms with Crippen molar-refractivity contribution in [3.05, 3.63) is 65.2 Å². The largest absolute Gasteiger partial charge is 0.326 e. The summed E-state index contributed by atoms with van der Waals surface area (Å²) in [7, 11) is 0. The van der Waals surface area contributed by atoms with Crippen LogP contribution < -0.4 is 5.32 Å². The van der Waals surface area contributed by atoms with E-state index in [-0.39, 0.29) is 5.56 Å². The van der Waals surface area contributed by atoms with Gasteiger partial charge in [0.05, 0.1) is 6.42 Å². The van der Waals surface area contributed by atoms with E-state index in [1.54, 1.807) is 31.2 Å². The molecule has 3 rings (SSSR count). The lowest BCUT2D eigenvalue weighted by atomic mass is 10.1. The van der Waals surface area contributed by atoms with Crippen LogP contribution in [0.2, 0.25) is 0 Å². The first-order valence-corrected chi connectivity index (χ1v) is 7.35. The number of H-pyrrole nitrogens is 1. The van der Waals surface area contributed by atoms with E-state index in [4.69, 9.17) is 0 Å². The second kappa shape index (κ2) is 6.76. The monoisotopic (exact) mass is 346 g/mol. The molecule has 0 aliphatic heterocycles. The third-order valence-electron chi connectivity index (χ3n) is 3.44. The summed E-state index contributed by atoms with van der Waals surface area (Å²) in [5.41, 5.74) is 0.909. The van der Waals surface area contributed by atoms with Crippen molar-refractivity contribution < 1.29 is 18.0 Å². The molecule has 2 N–H and O–H groups in total. The van der Waals surface area contributed by atoms with Crippen molar-refractivity contribution in [2.24, 2.45) is 0 Å². The zero-order valence-corrected chi connectivity index (χ0v) is 13.1. The molecule has 25 heavy (non-hydrogen) atoms. The summed E-state index contributed by atoms with van der Waals surface area (Å²) >= 11 is 0. The van der Waals surface area contributed by atoms with Crippen molar-refractivity contribution >= 4 is 11.6 Å². The van der Waals surface area contributed by atoms with Crippen LogP contribution in [0.4, 0.5) is 18.9 Å². The quantitative estimate of drug-likeness (QED) is 0.712. The summed E-state index contributed by atoms with van der Waals surface area (Å²) in [4.78, 5) is 16.2. The number of anilines is 1. The van der Waals surface area contributed by atoms with E-state index in [2.05, 4.69) is 20.5 Å². The van der Waals surface area contributed by atoms with Gasteiger partial charge in [0.1, 0.15) is 11.6 Å². The Morgan fingerprint density at radius 2 is 1.88 bits per heavy atom. The molecule has 0 spiro atoms. The lowest BCUT2D eigenvalue weighted by molar-refractivity contribution is -0.115. The summed E-state index contributed by atoms with van der Waals surface area (Å²) in [6.45, 7) is 1.76. The van der Waals surface area contributed by atoms with Crippen molar-refractivity contribution in [1.29, 1.82) is 0 Å². The van der Waals surface area contributed by atoms with E-state index in [0.29, 0.717) is 35.0 Å². The fourth-order valence-electron chi connectivity index (χ4n) is 2.29. The van der Waals surface area contributed by atoms with Crippen molar-refractivity contribution in [2.75, 3.05) is 5.32 Å². The summed E-state index contributed by atoms with van der Waals surface area (Å²) in [6, 6.07) is 7.87. The molecule has 1 aromatic heterocycles. The molecule has 0 aliphatic rings. The van der Waals surface area contributed by atoms with Crippen LogP contribution in [0, 0.1) is 24.4 Å². The maximum atomic E-state index is 13.6. The minimum absolute atomic E-state index is 0.225. The van der Waals surface area contributed by atoms with Gasteiger partial charge in [0, 0.05) is 22.9 Å². The van der Waals surface area contributed by atoms with Crippen LogP contribution in [0.1, 0.15) is 11.4 Å². The number of nitrogens with zero attached hydrogens (tertiary/aromatic N) is 2. The summed E-state index contributed by atoms with van der Waals surface area (Å²) in [5.74, 6) is -2.91. The van der Waals surface area contributed by atoms with Gasteiger partial charge in [0.2, 0.25) is 5.91 Å². The van der Waals surface area contributed by atoms with E-state index in [1.807, 2.05) is 0 Å². The topological polar surface area (TPSA) is 70.7 Å². The molecule has 1 amide bonds. The maximum absolute atomic E-state index is 13.6. The van der Waals surface area contributed by atoms with Crippen LogP contribution in [0.25, 0.3) is 11.4 Å². The van der Waals surface area contributed by atoms with E-state index >= 15 is 0 Å². The van der Waals surface area contributed by atoms with Gasteiger partial charge in [0.25, 0.3) is 0 Å². The zero-order valence-electron chi connectivity index (χ0n) is 13.1. The summed E-state index contributed by atoms with van der Waals surface area (Å²) in [6.07, 6.45) is -0.424. The number of aromatic nitrogens is 3. The average molecular weight is 346 g/mol. The molecule has 1 heterocycles. The molecule has 0 saturated carbocycles. The Kier molecular flexibility index (Phi) is 4.51. The van der Waals surface area contributed by atoms with Crippen molar-refractivity contribution in [2.45, 2.75) is 13.3 Å². The van der Waals surface area contributed by atoms with Crippen LogP contribution in [-0.4, -0.2) is 21.1 Å². The van der Waals surface area contributed by atoms with E-state index in [0.717, 1.165) is 0 Å². The predicted octanol–water partition coefficient (Wildman–Crippen LogP) is 3.38. The Morgan fingerprint density at radius 1 is 1.12 bits per heavy atom. The van der Waals surface area contributed by atoms with Crippen LogP contribution >= 0.6 is 0 Å². The number of aryl methyl sites for hydroxylation is 1. The Bertz CT molecular complexity index is 939. The molecule has 0 fully saturated rings. The van der Waals surface area contributed by atoms with Crippen molar-refractivity contribution in [3.8, 4) is 11.4 Å². The summed E-state index contributed by atoms with van der Waals surface area (Å²) in [5, 5.41) is 9.33. The Hall–Kier alpha value is -3.16. The Morgan fingerprint density at radius 3 is 2.60 bits per heavy atom. The molecule has 0 unspecified atom stereocenters. The van der Waals surface area contributed by atoms with Crippen LogP contribution in [0.5, 0.6) is 0 Å². The molecule has 0 bridgehead atoms. The minimum atomic E-state index is -1.30. The fraction of sp³-hybridized carbons (Fsp3) is 0.118. The number of benzene rings is 2. The molecular formula is C17H13F3N4O. The lowest BCUT2D eigenvalue weighted by Crippen LogP contribution is -2.15. The SMILES string of the molecule is Cc1nc(-c2cccc(NC(=O)Cc3cc(F)c(F)cc3F)c2)n[nH]1. The molecule has 0 radical (unpaired) electrons. The van der Waals surface area contributed by atoms with Crippen molar-refractivity contribution in [1.82, 2.24) is 15.2 Å². The molecule has 2 aromatic carbocycles. The number of carbonyl (C=O) groups excluding carboxylic acids is 1. The highest BCUT2D eigenvalue weighted by Gasteiger charge is 2.14. The van der Waals surface area contributed by atoms with Gasteiger partial charge < -0.3 is 5.32 Å². The first kappa shape index (κ1) is 16.7. The number of aromatic amines is 1. The van der Waals surface area contributed by atoms with Gasteiger partial charge in [-0.15, -0.1) is 0 Å². The number of carbonyl (C=O) groups is 1. The van der Waals surface area contributed by atoms with Gasteiger partial charge in [-0.05, 0) is 25.1 Å². The van der Waals surface area contributed by atoms with Crippen LogP contribution in [0.3, 0.4) is 0 Å². The molecule has 3 aromatic rings. The molecule has 0 aliphatic carbocycles. The highest BCUT2D eigenvalue weighted by Crippen LogP contribution is 2.20. The standard InChI is InChI=1S/C17H13F3N4O/c1-9-21-17(24-23-9)10-3-2-4-12(5-10)22-16(25)7-11-6-14(19)15(20)8-13(11)18/h2-6,8H,7H2,1H3,(H,22,25)(H,21,23,24). The minimum Gasteiger partial charge on any atom is -0.326 e. The van der Waals surface area contributed by atoms with E-state index in [9.17, 15) is 18.0 Å². The van der Waals surface area contributed by atoms with Gasteiger partial charge in [0.15, 0.2) is 17.5 Å². The van der Waals surface area contributed by atoms with Gasteiger partial charge in [-0.25, -0.2) is 18.2 Å². The Labute approximate surface area is 140 Å². The van der Waals surface area contributed by atoms with Crippen molar-refractivity contribution in [3.63, 3.8) is 0 Å². The normalized spacial score (nSPS) is 10.7. The maximum Gasteiger partial charge on any atom is 0.228 e. The number of halogens is 3. The highest BCUT2D eigenvalue weighted by atomic mass is 19.2. The number of rotatable bonds is 4. The van der Waals surface area contributed by atoms with Gasteiger partial charge in [-0.1, -0.05) is 12.1 Å². The summed E-state index contributed by atoms with van der Waals surface area (Å²) < 4.78 is 39.7. The predicted molar refractivity (Wildman–Crippen MR) is 85.2 cm³/mol. The molecule has 8 heteroatoms. The van der Waals surface area contributed by atoms with Gasteiger partial charge in [-0.3, -0.25) is 9.89 Å². The first-order chi connectivity index (χ1) is 11.9. The van der Waals surface area contributed by atoms with Gasteiger partial charge in [-0.2, -0.15) is 5.10 Å². The average Bonchev–Trinajstić information content (AvgIpc) is 2.99. The third kappa shape index (κ3) is 3.85. The Balaban J connectivity index is 1.74. The third-order valence-corrected chi connectivity index (χ3v) is 3.44. The van der Waals surface area contributed by atoms with Crippen LogP contribution in [-0.2, 0) is 11.2 Å². The highest BCUT2D eigenvalue weighted by molar-refractivity contribution is 5.92. The lowest BCUT2D eigenvalue weighted by Gasteiger charge is -2.07. The van der Waals surface area contributed by atoms with Gasteiger partial charge >= 0.3 is 0 Å². The first-order valence-electron chi connectivity index (χ1n) is 7.35. The fourth-order valence-corrected chi connectivity index (χ4v) is 2.29. The number of hydrogen-bond acceptors (Lipinski definition) is 3.